The number of hydrogen-bond acceptors (Lipinski definition) is 3. The lowest BCUT2D eigenvalue weighted by molar-refractivity contribution is 0.0939. The Hall–Kier alpha value is -1.71. The van der Waals surface area contributed by atoms with E-state index in [2.05, 4.69) is 17.2 Å². The zero-order valence-corrected chi connectivity index (χ0v) is 12.1. The topological polar surface area (TPSA) is 66.4 Å². The van der Waals surface area contributed by atoms with Gasteiger partial charge in [-0.3, -0.25) is 9.00 Å². The Bertz CT molecular complexity index is 578. The van der Waals surface area contributed by atoms with Gasteiger partial charge in [0, 0.05) is 34.4 Å². The van der Waals surface area contributed by atoms with Gasteiger partial charge in [0.2, 0.25) is 0 Å². The molecule has 1 rings (SSSR count). The second kappa shape index (κ2) is 7.78. The van der Waals surface area contributed by atoms with Crippen molar-refractivity contribution in [2.75, 3.05) is 18.6 Å². The highest BCUT2D eigenvalue weighted by atomic mass is 32.2. The van der Waals surface area contributed by atoms with Crippen LogP contribution in [0.1, 0.15) is 22.8 Å². The van der Waals surface area contributed by atoms with Crippen LogP contribution in [0.4, 0.5) is 4.39 Å². The van der Waals surface area contributed by atoms with Crippen molar-refractivity contribution in [3.63, 3.8) is 0 Å². The molecule has 1 aromatic carbocycles. The Morgan fingerprint density at radius 1 is 1.55 bits per heavy atom. The first-order valence-electron chi connectivity index (χ1n) is 5.94. The molecule has 1 aromatic rings. The molecule has 0 saturated heterocycles. The van der Waals surface area contributed by atoms with Gasteiger partial charge in [-0.2, -0.15) is 0 Å². The minimum Gasteiger partial charge on any atom is -0.384 e. The number of halogens is 1. The number of carbonyl (C=O) groups is 1. The summed E-state index contributed by atoms with van der Waals surface area (Å²) in [4.78, 5) is 11.9. The number of rotatable bonds is 4. The molecule has 0 aliphatic carbocycles. The molecule has 0 heterocycles. The smallest absolute Gasteiger partial charge is 0.254 e. The van der Waals surface area contributed by atoms with E-state index in [1.54, 1.807) is 6.92 Å². The van der Waals surface area contributed by atoms with Gasteiger partial charge in [-0.05, 0) is 25.1 Å². The standard InChI is InChI=1S/C14H16FNO3S/c1-10(9-20(2)19)16-14(18)12-6-5-11(4-3-7-17)8-13(12)15/h5-6,8,10,17H,7,9H2,1-2H3,(H,16,18). The van der Waals surface area contributed by atoms with Crippen molar-refractivity contribution in [2.45, 2.75) is 13.0 Å². The Kier molecular flexibility index (Phi) is 6.36. The van der Waals surface area contributed by atoms with Gasteiger partial charge in [0.1, 0.15) is 12.4 Å². The normalized spacial score (nSPS) is 13.0. The van der Waals surface area contributed by atoms with Crippen LogP contribution in [0.5, 0.6) is 0 Å². The van der Waals surface area contributed by atoms with Gasteiger partial charge in [0.25, 0.3) is 5.91 Å². The number of aliphatic hydroxyl groups excluding tert-OH is 1. The largest absolute Gasteiger partial charge is 0.384 e. The Morgan fingerprint density at radius 2 is 2.25 bits per heavy atom. The molecule has 4 nitrogen and oxygen atoms in total. The van der Waals surface area contributed by atoms with Gasteiger partial charge in [-0.1, -0.05) is 11.8 Å². The zero-order valence-electron chi connectivity index (χ0n) is 11.3. The number of carbonyl (C=O) groups excluding carboxylic acids is 1. The lowest BCUT2D eigenvalue weighted by Gasteiger charge is -2.12. The molecule has 0 aliphatic rings. The van der Waals surface area contributed by atoms with Crippen LogP contribution in [0.2, 0.25) is 0 Å². The number of hydrogen-bond donors (Lipinski definition) is 2. The van der Waals surface area contributed by atoms with E-state index >= 15 is 0 Å². The van der Waals surface area contributed by atoms with Crippen molar-refractivity contribution in [3.8, 4) is 11.8 Å². The molecular weight excluding hydrogens is 281 g/mol. The molecule has 0 fully saturated rings. The van der Waals surface area contributed by atoms with Gasteiger partial charge >= 0.3 is 0 Å². The van der Waals surface area contributed by atoms with Crippen LogP contribution in [0.3, 0.4) is 0 Å². The van der Waals surface area contributed by atoms with Gasteiger partial charge in [0.05, 0.1) is 5.56 Å². The molecule has 0 aliphatic heterocycles. The lowest BCUT2D eigenvalue weighted by atomic mass is 10.1. The van der Waals surface area contributed by atoms with E-state index in [4.69, 9.17) is 5.11 Å². The second-order valence-corrected chi connectivity index (χ2v) is 5.75. The van der Waals surface area contributed by atoms with Crippen molar-refractivity contribution >= 4 is 16.7 Å². The van der Waals surface area contributed by atoms with Crippen LogP contribution in [0.25, 0.3) is 0 Å². The van der Waals surface area contributed by atoms with Crippen LogP contribution >= 0.6 is 0 Å². The van der Waals surface area contributed by atoms with Crippen molar-refractivity contribution in [2.24, 2.45) is 0 Å². The van der Waals surface area contributed by atoms with E-state index in [1.165, 1.54) is 18.4 Å². The molecule has 1 amide bonds. The first kappa shape index (κ1) is 16.3. The Morgan fingerprint density at radius 3 is 2.80 bits per heavy atom. The molecule has 2 atom stereocenters. The fraction of sp³-hybridized carbons (Fsp3) is 0.357. The quantitative estimate of drug-likeness (QED) is 0.803. The van der Waals surface area contributed by atoms with Gasteiger partial charge < -0.3 is 10.4 Å². The SMILES string of the molecule is CC(CS(C)=O)NC(=O)c1ccc(C#CCO)cc1F. The summed E-state index contributed by atoms with van der Waals surface area (Å²) in [5.74, 6) is 4.03. The predicted molar refractivity (Wildman–Crippen MR) is 76.2 cm³/mol. The third kappa shape index (κ3) is 5.11. The highest BCUT2D eigenvalue weighted by molar-refractivity contribution is 7.84. The summed E-state index contributed by atoms with van der Waals surface area (Å²) >= 11 is 0. The first-order valence-corrected chi connectivity index (χ1v) is 7.67. The molecule has 2 N–H and O–H groups in total. The molecule has 0 bridgehead atoms. The number of aliphatic hydroxyl groups is 1. The molecule has 6 heteroatoms. The van der Waals surface area contributed by atoms with Gasteiger partial charge in [-0.25, -0.2) is 4.39 Å². The summed E-state index contributed by atoms with van der Waals surface area (Å²) in [5.41, 5.74) is 0.295. The van der Waals surface area contributed by atoms with E-state index in [9.17, 15) is 13.4 Å². The minimum absolute atomic E-state index is 0.0896. The molecule has 0 spiro atoms. The molecule has 108 valence electrons. The van der Waals surface area contributed by atoms with Crippen LogP contribution in [-0.4, -0.2) is 39.9 Å². The molecule has 2 unspecified atom stereocenters. The summed E-state index contributed by atoms with van der Waals surface area (Å²) < 4.78 is 24.8. The number of amides is 1. The van der Waals surface area contributed by atoms with Crippen molar-refractivity contribution in [3.05, 3.63) is 35.1 Å². The number of nitrogens with one attached hydrogen (secondary N) is 1. The van der Waals surface area contributed by atoms with Crippen molar-refractivity contribution in [1.29, 1.82) is 0 Å². The van der Waals surface area contributed by atoms with Crippen molar-refractivity contribution < 1.29 is 18.5 Å². The van der Waals surface area contributed by atoms with E-state index in [0.717, 1.165) is 6.07 Å². The highest BCUT2D eigenvalue weighted by Crippen LogP contribution is 2.10. The summed E-state index contributed by atoms with van der Waals surface area (Å²) in [5, 5.41) is 11.1. The molecule has 0 saturated carbocycles. The van der Waals surface area contributed by atoms with E-state index in [0.29, 0.717) is 11.3 Å². The van der Waals surface area contributed by atoms with E-state index < -0.39 is 22.5 Å². The molecule has 0 radical (unpaired) electrons. The van der Waals surface area contributed by atoms with E-state index in [-0.39, 0.29) is 18.2 Å². The fourth-order valence-corrected chi connectivity index (χ4v) is 2.40. The Labute approximate surface area is 119 Å². The maximum atomic E-state index is 13.8. The summed E-state index contributed by atoms with van der Waals surface area (Å²) in [6.07, 6.45) is 1.54. The third-order valence-electron chi connectivity index (χ3n) is 2.39. The van der Waals surface area contributed by atoms with E-state index in [1.807, 2.05) is 0 Å². The van der Waals surface area contributed by atoms with Crippen LogP contribution in [0, 0.1) is 17.7 Å². The van der Waals surface area contributed by atoms with Crippen LogP contribution in [-0.2, 0) is 10.8 Å². The average Bonchev–Trinajstić information content (AvgIpc) is 2.35. The molecular formula is C14H16FNO3S. The van der Waals surface area contributed by atoms with Crippen LogP contribution < -0.4 is 5.32 Å². The maximum Gasteiger partial charge on any atom is 0.254 e. The van der Waals surface area contributed by atoms with Gasteiger partial charge in [-0.15, -0.1) is 0 Å². The molecule has 0 aromatic heterocycles. The van der Waals surface area contributed by atoms with Gasteiger partial charge in [0.15, 0.2) is 0 Å². The minimum atomic E-state index is -1.03. The number of benzene rings is 1. The fourth-order valence-electron chi connectivity index (χ4n) is 1.61. The zero-order chi connectivity index (χ0) is 15.1. The lowest BCUT2D eigenvalue weighted by Crippen LogP contribution is -2.36. The van der Waals surface area contributed by atoms with Crippen LogP contribution in [0.15, 0.2) is 18.2 Å². The monoisotopic (exact) mass is 297 g/mol. The highest BCUT2D eigenvalue weighted by Gasteiger charge is 2.15. The second-order valence-electron chi connectivity index (χ2n) is 4.27. The summed E-state index contributed by atoms with van der Waals surface area (Å²) in [6, 6.07) is 3.67. The third-order valence-corrected chi connectivity index (χ3v) is 3.36. The predicted octanol–water partition coefficient (Wildman–Crippen LogP) is 0.666. The first-order chi connectivity index (χ1) is 9.43. The molecule has 20 heavy (non-hydrogen) atoms. The maximum absolute atomic E-state index is 13.8. The van der Waals surface area contributed by atoms with Crippen molar-refractivity contribution in [1.82, 2.24) is 5.32 Å². The Balaban J connectivity index is 2.81. The average molecular weight is 297 g/mol. The summed E-state index contributed by atoms with van der Waals surface area (Å²) in [7, 11) is -1.03. The summed E-state index contributed by atoms with van der Waals surface area (Å²) in [6.45, 7) is 1.40.